The smallest absolute Gasteiger partial charge is 0.271 e. The van der Waals surface area contributed by atoms with E-state index >= 15 is 0 Å². The van der Waals surface area contributed by atoms with E-state index in [-0.39, 0.29) is 11.7 Å². The number of aromatic nitrogens is 1. The SMILES string of the molecule is O=C(NNc1ccc(F)cc1)c1ccc(Oc2ccc(F)cc2Br)nc1. The van der Waals surface area contributed by atoms with Crippen LogP contribution in [0.5, 0.6) is 11.6 Å². The number of carbonyl (C=O) groups is 1. The van der Waals surface area contributed by atoms with Crippen molar-refractivity contribution in [2.24, 2.45) is 0 Å². The summed E-state index contributed by atoms with van der Waals surface area (Å²) in [7, 11) is 0. The van der Waals surface area contributed by atoms with Crippen LogP contribution in [0.2, 0.25) is 0 Å². The lowest BCUT2D eigenvalue weighted by Gasteiger charge is -2.09. The molecule has 0 spiro atoms. The number of hydrazine groups is 1. The summed E-state index contributed by atoms with van der Waals surface area (Å²) in [4.78, 5) is 16.1. The number of hydrogen-bond donors (Lipinski definition) is 2. The molecule has 0 saturated carbocycles. The predicted octanol–water partition coefficient (Wildman–Crippen LogP) is 4.67. The van der Waals surface area contributed by atoms with Gasteiger partial charge in [-0.05, 0) is 64.5 Å². The Balaban J connectivity index is 1.61. The molecule has 2 aromatic carbocycles. The normalized spacial score (nSPS) is 10.3. The van der Waals surface area contributed by atoms with Gasteiger partial charge in [-0.1, -0.05) is 0 Å². The number of rotatable bonds is 5. The van der Waals surface area contributed by atoms with Gasteiger partial charge in [0.2, 0.25) is 5.88 Å². The van der Waals surface area contributed by atoms with Gasteiger partial charge in [0, 0.05) is 12.3 Å². The second kappa shape index (κ2) is 7.92. The third-order valence-corrected chi connectivity index (χ3v) is 3.89. The number of ether oxygens (including phenoxy) is 1. The summed E-state index contributed by atoms with van der Waals surface area (Å²) in [6.45, 7) is 0. The lowest BCUT2D eigenvalue weighted by molar-refractivity contribution is 0.0962. The Bertz CT molecular complexity index is 919. The number of nitrogens with zero attached hydrogens (tertiary/aromatic N) is 1. The highest BCUT2D eigenvalue weighted by Crippen LogP contribution is 2.29. The summed E-state index contributed by atoms with van der Waals surface area (Å²) < 4.78 is 31.9. The monoisotopic (exact) mass is 419 g/mol. The Morgan fingerprint density at radius 3 is 2.38 bits per heavy atom. The average Bonchev–Trinajstić information content (AvgIpc) is 2.64. The molecule has 0 saturated heterocycles. The first-order valence-corrected chi connectivity index (χ1v) is 8.21. The largest absolute Gasteiger partial charge is 0.438 e. The first-order valence-electron chi connectivity index (χ1n) is 7.42. The van der Waals surface area contributed by atoms with E-state index in [4.69, 9.17) is 4.74 Å². The van der Waals surface area contributed by atoms with Crippen molar-refractivity contribution in [2.75, 3.05) is 5.43 Å². The lowest BCUT2D eigenvalue weighted by atomic mass is 10.3. The minimum Gasteiger partial charge on any atom is -0.438 e. The molecule has 0 aliphatic rings. The van der Waals surface area contributed by atoms with Crippen molar-refractivity contribution in [3.63, 3.8) is 0 Å². The number of halogens is 3. The number of nitrogens with one attached hydrogen (secondary N) is 2. The molecule has 3 aromatic rings. The Kier molecular flexibility index (Phi) is 5.43. The maximum Gasteiger partial charge on any atom is 0.271 e. The number of hydrogen-bond acceptors (Lipinski definition) is 4. The number of amides is 1. The van der Waals surface area contributed by atoms with Crippen LogP contribution in [0.3, 0.4) is 0 Å². The van der Waals surface area contributed by atoms with Crippen LogP contribution >= 0.6 is 15.9 Å². The molecule has 3 rings (SSSR count). The quantitative estimate of drug-likeness (QED) is 0.589. The van der Waals surface area contributed by atoms with Crippen LogP contribution in [0.15, 0.2) is 65.3 Å². The van der Waals surface area contributed by atoms with Gasteiger partial charge in [-0.3, -0.25) is 15.6 Å². The van der Waals surface area contributed by atoms with Gasteiger partial charge in [-0.2, -0.15) is 0 Å². The molecule has 0 radical (unpaired) electrons. The van der Waals surface area contributed by atoms with E-state index < -0.39 is 11.7 Å². The molecule has 0 aliphatic carbocycles. The lowest BCUT2D eigenvalue weighted by Crippen LogP contribution is -2.29. The molecule has 8 heteroatoms. The molecule has 0 aliphatic heterocycles. The highest BCUT2D eigenvalue weighted by Gasteiger charge is 2.08. The number of carbonyl (C=O) groups excluding carboxylic acids is 1. The highest BCUT2D eigenvalue weighted by molar-refractivity contribution is 9.10. The fraction of sp³-hybridized carbons (Fsp3) is 0. The van der Waals surface area contributed by atoms with E-state index in [9.17, 15) is 13.6 Å². The first-order chi connectivity index (χ1) is 12.5. The Labute approximate surface area is 156 Å². The first kappa shape index (κ1) is 17.8. The average molecular weight is 420 g/mol. The van der Waals surface area contributed by atoms with Crippen LogP contribution in [-0.2, 0) is 0 Å². The fourth-order valence-corrected chi connectivity index (χ4v) is 2.41. The van der Waals surface area contributed by atoms with E-state index in [1.807, 2.05) is 0 Å². The van der Waals surface area contributed by atoms with Gasteiger partial charge in [-0.25, -0.2) is 13.8 Å². The minimum absolute atomic E-state index is 0.250. The van der Waals surface area contributed by atoms with Crippen LogP contribution in [-0.4, -0.2) is 10.9 Å². The van der Waals surface area contributed by atoms with E-state index in [0.717, 1.165) is 0 Å². The fourth-order valence-electron chi connectivity index (χ4n) is 1.98. The Hall–Kier alpha value is -3.00. The molecule has 26 heavy (non-hydrogen) atoms. The van der Waals surface area contributed by atoms with Crippen molar-refractivity contribution >= 4 is 27.5 Å². The molecule has 1 aromatic heterocycles. The summed E-state index contributed by atoms with van der Waals surface area (Å²) in [5, 5.41) is 0. The molecule has 0 bridgehead atoms. The van der Waals surface area contributed by atoms with Crippen molar-refractivity contribution in [3.05, 3.63) is 82.5 Å². The zero-order chi connectivity index (χ0) is 18.5. The molecular weight excluding hydrogens is 408 g/mol. The van der Waals surface area contributed by atoms with Gasteiger partial charge in [0.1, 0.15) is 17.4 Å². The number of anilines is 1. The standard InChI is InChI=1S/C18H12BrF2N3O2/c19-15-9-13(21)4-7-16(15)26-17-8-1-11(10-22-17)18(25)24-23-14-5-2-12(20)3-6-14/h1-10,23H,(H,24,25). The van der Waals surface area contributed by atoms with Crippen molar-refractivity contribution in [3.8, 4) is 11.6 Å². The predicted molar refractivity (Wildman–Crippen MR) is 95.9 cm³/mol. The molecule has 0 unspecified atom stereocenters. The van der Waals surface area contributed by atoms with Gasteiger partial charge in [0.15, 0.2) is 0 Å². The summed E-state index contributed by atoms with van der Waals surface area (Å²) in [6, 6.07) is 12.6. The Morgan fingerprint density at radius 2 is 1.73 bits per heavy atom. The Morgan fingerprint density at radius 1 is 1.00 bits per heavy atom. The van der Waals surface area contributed by atoms with Crippen LogP contribution in [0, 0.1) is 11.6 Å². The number of pyridine rings is 1. The van der Waals surface area contributed by atoms with Crippen molar-refractivity contribution < 1.29 is 18.3 Å². The molecule has 0 atom stereocenters. The van der Waals surface area contributed by atoms with Gasteiger partial charge in [0.25, 0.3) is 5.91 Å². The summed E-state index contributed by atoms with van der Waals surface area (Å²) in [5.74, 6) is -0.530. The van der Waals surface area contributed by atoms with Crippen LogP contribution in [0.25, 0.3) is 0 Å². The third-order valence-electron chi connectivity index (χ3n) is 3.27. The molecule has 1 heterocycles. The van der Waals surface area contributed by atoms with E-state index in [1.54, 1.807) is 0 Å². The van der Waals surface area contributed by atoms with Crippen LogP contribution < -0.4 is 15.6 Å². The van der Waals surface area contributed by atoms with Gasteiger partial charge in [-0.15, -0.1) is 0 Å². The van der Waals surface area contributed by atoms with Crippen molar-refractivity contribution in [1.29, 1.82) is 0 Å². The van der Waals surface area contributed by atoms with Gasteiger partial charge >= 0.3 is 0 Å². The number of benzene rings is 2. The zero-order valence-corrected chi connectivity index (χ0v) is 14.8. The second-order valence-electron chi connectivity index (χ2n) is 5.15. The maximum atomic E-state index is 13.1. The van der Waals surface area contributed by atoms with Crippen molar-refractivity contribution in [2.45, 2.75) is 0 Å². The molecule has 1 amide bonds. The summed E-state index contributed by atoms with van der Waals surface area (Å²) >= 11 is 3.20. The summed E-state index contributed by atoms with van der Waals surface area (Å²) in [6.07, 6.45) is 1.34. The molecular formula is C18H12BrF2N3O2. The van der Waals surface area contributed by atoms with Gasteiger partial charge in [0.05, 0.1) is 15.7 Å². The maximum absolute atomic E-state index is 13.1. The highest BCUT2D eigenvalue weighted by atomic mass is 79.9. The molecule has 5 nitrogen and oxygen atoms in total. The zero-order valence-electron chi connectivity index (χ0n) is 13.2. The van der Waals surface area contributed by atoms with Crippen LogP contribution in [0.4, 0.5) is 14.5 Å². The molecule has 2 N–H and O–H groups in total. The molecule has 132 valence electrons. The topological polar surface area (TPSA) is 63.2 Å². The third kappa shape index (κ3) is 4.54. The van der Waals surface area contributed by atoms with E-state index in [1.165, 1.54) is 60.8 Å². The van der Waals surface area contributed by atoms with Gasteiger partial charge < -0.3 is 4.74 Å². The minimum atomic E-state index is -0.420. The van der Waals surface area contributed by atoms with E-state index in [2.05, 4.69) is 31.8 Å². The summed E-state index contributed by atoms with van der Waals surface area (Å²) in [5.41, 5.74) is 5.98. The van der Waals surface area contributed by atoms with E-state index in [0.29, 0.717) is 21.5 Å². The second-order valence-corrected chi connectivity index (χ2v) is 6.00. The molecule has 0 fully saturated rings. The van der Waals surface area contributed by atoms with Crippen LogP contribution in [0.1, 0.15) is 10.4 Å². The van der Waals surface area contributed by atoms with Crippen molar-refractivity contribution in [1.82, 2.24) is 10.4 Å².